The van der Waals surface area contributed by atoms with Gasteiger partial charge in [0.15, 0.2) is 0 Å². The second-order valence-electron chi connectivity index (χ2n) is 5.93. The summed E-state index contributed by atoms with van der Waals surface area (Å²) in [5, 5.41) is 3.53. The van der Waals surface area contributed by atoms with E-state index in [2.05, 4.69) is 11.9 Å². The van der Waals surface area contributed by atoms with Crippen molar-refractivity contribution in [2.45, 2.75) is 12.8 Å². The molecule has 0 saturated heterocycles. The average Bonchev–Trinajstić information content (AvgIpc) is 2.99. The van der Waals surface area contributed by atoms with Crippen molar-refractivity contribution >= 4 is 22.5 Å². The number of methoxy groups -OCH3 is 1. The number of carbonyl (C=O) groups is 1. The summed E-state index contributed by atoms with van der Waals surface area (Å²) < 4.78 is 45.4. The first kappa shape index (κ1) is 18.7. The van der Waals surface area contributed by atoms with Crippen LogP contribution in [0.3, 0.4) is 0 Å². The zero-order valence-electron chi connectivity index (χ0n) is 14.5. The predicted molar refractivity (Wildman–Crippen MR) is 97.8 cm³/mol. The predicted octanol–water partition coefficient (Wildman–Crippen LogP) is 4.92. The van der Waals surface area contributed by atoms with Gasteiger partial charge in [-0.1, -0.05) is 6.58 Å². The molecule has 1 amide bonds. The van der Waals surface area contributed by atoms with E-state index in [1.54, 1.807) is 29.9 Å². The summed E-state index contributed by atoms with van der Waals surface area (Å²) in [6, 6.07) is 10.3. The van der Waals surface area contributed by atoms with E-state index < -0.39 is 11.7 Å². The topological polar surface area (TPSA) is 43.3 Å². The van der Waals surface area contributed by atoms with Crippen LogP contribution in [0.5, 0.6) is 0 Å². The molecule has 0 aliphatic carbocycles. The number of ether oxygens (including phenoxy) is 1. The Morgan fingerprint density at radius 2 is 1.93 bits per heavy atom. The maximum absolute atomic E-state index is 12.8. The number of rotatable bonds is 5. The fourth-order valence-corrected chi connectivity index (χ4v) is 2.86. The van der Waals surface area contributed by atoms with Crippen LogP contribution in [-0.2, 0) is 22.3 Å². The molecule has 7 heteroatoms. The Labute approximate surface area is 153 Å². The lowest BCUT2D eigenvalue weighted by molar-refractivity contribution is -0.137. The third-order valence-corrected chi connectivity index (χ3v) is 4.11. The smallest absolute Gasteiger partial charge is 0.380 e. The number of hydrogen-bond donors (Lipinski definition) is 1. The van der Waals surface area contributed by atoms with Crippen LogP contribution in [0.4, 0.5) is 18.9 Å². The molecule has 0 fully saturated rings. The van der Waals surface area contributed by atoms with Gasteiger partial charge < -0.3 is 14.6 Å². The fourth-order valence-electron chi connectivity index (χ4n) is 2.86. The summed E-state index contributed by atoms with van der Waals surface area (Å²) in [6.45, 7) is 3.74. The molecule has 0 saturated carbocycles. The van der Waals surface area contributed by atoms with Gasteiger partial charge in [0.05, 0.1) is 17.7 Å². The normalized spacial score (nSPS) is 11.6. The number of halogens is 3. The maximum atomic E-state index is 12.8. The van der Waals surface area contributed by atoms with Crippen molar-refractivity contribution in [2.24, 2.45) is 0 Å². The minimum atomic E-state index is -4.38. The van der Waals surface area contributed by atoms with Crippen molar-refractivity contribution in [3.8, 4) is 5.69 Å². The van der Waals surface area contributed by atoms with Gasteiger partial charge in [0.25, 0.3) is 0 Å². The van der Waals surface area contributed by atoms with E-state index in [0.717, 1.165) is 28.6 Å². The van der Waals surface area contributed by atoms with Crippen LogP contribution in [0, 0.1) is 0 Å². The molecule has 3 aromatic rings. The van der Waals surface area contributed by atoms with E-state index >= 15 is 0 Å². The number of amides is 1. The standard InChI is InChI=1S/C20H17F3N2O2/c1-3-19(26)24-15-6-9-18-17(10-15)13(12-27-2)11-25(18)16-7-4-14(5-8-16)20(21,22)23/h3-11H,1,12H2,2H3,(H,24,26). The summed E-state index contributed by atoms with van der Waals surface area (Å²) in [4.78, 5) is 11.5. The largest absolute Gasteiger partial charge is 0.416 e. The van der Waals surface area contributed by atoms with Crippen molar-refractivity contribution < 1.29 is 22.7 Å². The molecule has 3 rings (SSSR count). The lowest BCUT2D eigenvalue weighted by Crippen LogP contribution is -2.07. The van der Waals surface area contributed by atoms with Crippen LogP contribution in [0.25, 0.3) is 16.6 Å². The van der Waals surface area contributed by atoms with Crippen LogP contribution in [0.2, 0.25) is 0 Å². The number of carbonyl (C=O) groups excluding carboxylic acids is 1. The average molecular weight is 374 g/mol. The quantitative estimate of drug-likeness (QED) is 0.644. The molecule has 27 heavy (non-hydrogen) atoms. The van der Waals surface area contributed by atoms with Crippen LogP contribution >= 0.6 is 0 Å². The van der Waals surface area contributed by atoms with Gasteiger partial charge in [0.2, 0.25) is 5.91 Å². The number of alkyl halides is 3. The number of benzene rings is 2. The molecule has 0 aliphatic heterocycles. The minimum absolute atomic E-state index is 0.322. The number of nitrogens with one attached hydrogen (secondary N) is 1. The Morgan fingerprint density at radius 3 is 2.52 bits per heavy atom. The molecular weight excluding hydrogens is 357 g/mol. The molecule has 0 bridgehead atoms. The number of fused-ring (bicyclic) bond motifs is 1. The molecule has 1 aromatic heterocycles. The highest BCUT2D eigenvalue weighted by Crippen LogP contribution is 2.32. The lowest BCUT2D eigenvalue weighted by atomic mass is 10.1. The summed E-state index contributed by atoms with van der Waals surface area (Å²) in [7, 11) is 1.56. The fraction of sp³-hybridized carbons (Fsp3) is 0.150. The summed E-state index contributed by atoms with van der Waals surface area (Å²) in [6.07, 6.45) is -1.39. The molecule has 1 heterocycles. The van der Waals surface area contributed by atoms with Gasteiger partial charge in [-0.3, -0.25) is 4.79 Å². The molecule has 0 unspecified atom stereocenters. The zero-order valence-corrected chi connectivity index (χ0v) is 14.5. The molecular formula is C20H17F3N2O2. The second kappa shape index (κ2) is 7.28. The first-order valence-corrected chi connectivity index (χ1v) is 8.07. The van der Waals surface area contributed by atoms with E-state index in [9.17, 15) is 18.0 Å². The Balaban J connectivity index is 2.07. The molecule has 0 atom stereocenters. The molecule has 140 valence electrons. The van der Waals surface area contributed by atoms with Gasteiger partial charge in [-0.2, -0.15) is 13.2 Å². The highest BCUT2D eigenvalue weighted by atomic mass is 19.4. The van der Waals surface area contributed by atoms with Gasteiger partial charge in [0.1, 0.15) is 0 Å². The van der Waals surface area contributed by atoms with Gasteiger partial charge >= 0.3 is 6.18 Å². The van der Waals surface area contributed by atoms with Crippen LogP contribution in [0.15, 0.2) is 61.3 Å². The number of nitrogens with zero attached hydrogens (tertiary/aromatic N) is 1. The van der Waals surface area contributed by atoms with Crippen LogP contribution in [-0.4, -0.2) is 17.6 Å². The van der Waals surface area contributed by atoms with E-state index in [0.29, 0.717) is 18.0 Å². The summed E-state index contributed by atoms with van der Waals surface area (Å²) in [5.41, 5.74) is 2.13. The monoisotopic (exact) mass is 374 g/mol. The highest BCUT2D eigenvalue weighted by Gasteiger charge is 2.30. The summed E-state index contributed by atoms with van der Waals surface area (Å²) in [5.74, 6) is -0.329. The molecule has 0 spiro atoms. The van der Waals surface area contributed by atoms with Crippen LogP contribution < -0.4 is 5.32 Å². The van der Waals surface area contributed by atoms with Crippen molar-refractivity contribution in [3.63, 3.8) is 0 Å². The zero-order chi connectivity index (χ0) is 19.6. The summed E-state index contributed by atoms with van der Waals surface area (Å²) >= 11 is 0. The van der Waals surface area contributed by atoms with Crippen molar-refractivity contribution in [2.75, 3.05) is 12.4 Å². The SMILES string of the molecule is C=CC(=O)Nc1ccc2c(c1)c(COC)cn2-c1ccc(C(F)(F)F)cc1. The molecule has 2 aromatic carbocycles. The Bertz CT molecular complexity index is 989. The van der Waals surface area contributed by atoms with Gasteiger partial charge in [0, 0.05) is 35.6 Å². The minimum Gasteiger partial charge on any atom is -0.380 e. The number of hydrogen-bond acceptors (Lipinski definition) is 2. The van der Waals surface area contributed by atoms with Crippen molar-refractivity contribution in [1.82, 2.24) is 4.57 Å². The third-order valence-electron chi connectivity index (χ3n) is 4.11. The molecule has 1 N–H and O–H groups in total. The lowest BCUT2D eigenvalue weighted by Gasteiger charge is -2.10. The van der Waals surface area contributed by atoms with E-state index in [-0.39, 0.29) is 5.91 Å². The first-order chi connectivity index (χ1) is 12.8. The van der Waals surface area contributed by atoms with E-state index in [4.69, 9.17) is 4.74 Å². The molecule has 0 radical (unpaired) electrons. The second-order valence-corrected chi connectivity index (χ2v) is 5.93. The van der Waals surface area contributed by atoms with Crippen LogP contribution in [0.1, 0.15) is 11.1 Å². The Kier molecular flexibility index (Phi) is 5.05. The molecule has 4 nitrogen and oxygen atoms in total. The third kappa shape index (κ3) is 3.88. The van der Waals surface area contributed by atoms with Gasteiger partial charge in [-0.15, -0.1) is 0 Å². The van der Waals surface area contributed by atoms with Crippen molar-refractivity contribution in [3.05, 3.63) is 72.4 Å². The Morgan fingerprint density at radius 1 is 1.22 bits per heavy atom. The maximum Gasteiger partial charge on any atom is 0.416 e. The first-order valence-electron chi connectivity index (χ1n) is 8.07. The highest BCUT2D eigenvalue weighted by molar-refractivity contribution is 6.00. The number of aromatic nitrogens is 1. The van der Waals surface area contributed by atoms with Crippen molar-refractivity contribution in [1.29, 1.82) is 0 Å². The van der Waals surface area contributed by atoms with Gasteiger partial charge in [-0.25, -0.2) is 0 Å². The Hall–Kier alpha value is -3.06. The van der Waals surface area contributed by atoms with Gasteiger partial charge in [-0.05, 0) is 48.5 Å². The molecule has 0 aliphatic rings. The van der Waals surface area contributed by atoms with E-state index in [1.165, 1.54) is 18.2 Å². The number of anilines is 1. The van der Waals surface area contributed by atoms with E-state index in [1.807, 2.05) is 6.20 Å².